The number of aromatic nitrogens is 2. The van der Waals surface area contributed by atoms with Crippen LogP contribution in [0.25, 0.3) is 0 Å². The normalized spacial score (nSPS) is 37.3. The first kappa shape index (κ1) is 14.6. The molecule has 4 aliphatic carbocycles. The molecule has 1 aromatic heterocycles. The van der Waals surface area contributed by atoms with E-state index in [1.54, 1.807) is 10.9 Å². The summed E-state index contributed by atoms with van der Waals surface area (Å²) in [6.45, 7) is 3.76. The van der Waals surface area contributed by atoms with Crippen molar-refractivity contribution < 1.29 is 4.79 Å². The molecule has 1 atom stereocenters. The van der Waals surface area contributed by atoms with Crippen LogP contribution in [0, 0.1) is 30.6 Å². The maximum Gasteiger partial charge on any atom is 0.244 e. The van der Waals surface area contributed by atoms with Crippen LogP contribution in [-0.2, 0) is 4.79 Å². The second-order valence-corrected chi connectivity index (χ2v) is 8.09. The SMILES string of the molecule is Cc1nn([C@H](C)C(=O)NC2C3CC4CC(C3)CC2C4)cc1Cl. The van der Waals surface area contributed by atoms with Crippen molar-refractivity contribution in [2.24, 2.45) is 23.7 Å². The molecular weight excluding hydrogens is 298 g/mol. The Morgan fingerprint density at radius 3 is 2.36 bits per heavy atom. The monoisotopic (exact) mass is 321 g/mol. The fourth-order valence-electron chi connectivity index (χ4n) is 5.22. The van der Waals surface area contributed by atoms with Gasteiger partial charge < -0.3 is 5.32 Å². The van der Waals surface area contributed by atoms with Crippen molar-refractivity contribution in [3.05, 3.63) is 16.9 Å². The lowest BCUT2D eigenvalue weighted by molar-refractivity contribution is -0.128. The smallest absolute Gasteiger partial charge is 0.244 e. The molecule has 0 spiro atoms. The average molecular weight is 322 g/mol. The lowest BCUT2D eigenvalue weighted by Gasteiger charge is -2.54. The van der Waals surface area contributed by atoms with E-state index in [0.717, 1.165) is 17.5 Å². The van der Waals surface area contributed by atoms with Crippen LogP contribution in [0.3, 0.4) is 0 Å². The van der Waals surface area contributed by atoms with Crippen molar-refractivity contribution in [2.75, 3.05) is 0 Å². The quantitative estimate of drug-likeness (QED) is 0.928. The van der Waals surface area contributed by atoms with Gasteiger partial charge in [0.1, 0.15) is 6.04 Å². The van der Waals surface area contributed by atoms with Crippen LogP contribution in [0.2, 0.25) is 5.02 Å². The molecular formula is C17H24ClN3O. The highest BCUT2D eigenvalue weighted by atomic mass is 35.5. The molecule has 0 saturated heterocycles. The number of carbonyl (C=O) groups is 1. The van der Waals surface area contributed by atoms with Crippen molar-refractivity contribution in [1.82, 2.24) is 15.1 Å². The van der Waals surface area contributed by atoms with Gasteiger partial charge in [-0.25, -0.2) is 0 Å². The van der Waals surface area contributed by atoms with Gasteiger partial charge in [0, 0.05) is 12.2 Å². The molecule has 120 valence electrons. The van der Waals surface area contributed by atoms with E-state index in [0.29, 0.717) is 22.9 Å². The molecule has 0 radical (unpaired) electrons. The third kappa shape index (κ3) is 2.36. The Kier molecular flexibility index (Phi) is 3.48. The van der Waals surface area contributed by atoms with Crippen LogP contribution in [0.15, 0.2) is 6.20 Å². The molecule has 4 fully saturated rings. The zero-order valence-corrected chi connectivity index (χ0v) is 14.0. The van der Waals surface area contributed by atoms with Crippen LogP contribution < -0.4 is 5.32 Å². The van der Waals surface area contributed by atoms with Crippen molar-refractivity contribution in [2.45, 2.75) is 58.0 Å². The van der Waals surface area contributed by atoms with Gasteiger partial charge in [0.2, 0.25) is 5.91 Å². The molecule has 1 heterocycles. The molecule has 4 saturated carbocycles. The largest absolute Gasteiger partial charge is 0.351 e. The Bertz CT molecular complexity index is 549. The molecule has 0 aromatic carbocycles. The third-order valence-corrected chi connectivity index (χ3v) is 6.54. The lowest BCUT2D eigenvalue weighted by Crippen LogP contribution is -2.56. The minimum Gasteiger partial charge on any atom is -0.351 e. The second-order valence-electron chi connectivity index (χ2n) is 7.68. The predicted octanol–water partition coefficient (Wildman–Crippen LogP) is 3.35. The van der Waals surface area contributed by atoms with Gasteiger partial charge in [-0.05, 0) is 69.6 Å². The maximum absolute atomic E-state index is 12.6. The number of halogens is 1. The number of nitrogens with one attached hydrogen (secondary N) is 1. The van der Waals surface area contributed by atoms with Gasteiger partial charge in [-0.1, -0.05) is 11.6 Å². The summed E-state index contributed by atoms with van der Waals surface area (Å²) in [5, 5.41) is 8.31. The van der Waals surface area contributed by atoms with E-state index in [1.165, 1.54) is 32.1 Å². The molecule has 22 heavy (non-hydrogen) atoms. The minimum absolute atomic E-state index is 0.0802. The fraction of sp³-hybridized carbons (Fsp3) is 0.765. The molecule has 1 N–H and O–H groups in total. The molecule has 5 heteroatoms. The highest BCUT2D eigenvalue weighted by molar-refractivity contribution is 6.31. The summed E-state index contributed by atoms with van der Waals surface area (Å²) in [6.07, 6.45) is 8.46. The Morgan fingerprint density at radius 2 is 1.86 bits per heavy atom. The standard InChI is InChI=1S/C17H24ClN3O/c1-9-15(18)8-21(20-9)10(2)17(22)19-16-13-4-11-3-12(6-13)7-14(16)5-11/h8,10-14,16H,3-7H2,1-2H3,(H,19,22)/t10-,11?,12?,13?,14?,16?/m1/s1. The summed E-state index contributed by atoms with van der Waals surface area (Å²) >= 11 is 6.05. The zero-order chi connectivity index (χ0) is 15.4. The van der Waals surface area contributed by atoms with Gasteiger partial charge >= 0.3 is 0 Å². The van der Waals surface area contributed by atoms with Gasteiger partial charge in [0.15, 0.2) is 0 Å². The van der Waals surface area contributed by atoms with Crippen molar-refractivity contribution in [3.63, 3.8) is 0 Å². The summed E-state index contributed by atoms with van der Waals surface area (Å²) in [4.78, 5) is 12.6. The van der Waals surface area contributed by atoms with Crippen LogP contribution >= 0.6 is 11.6 Å². The van der Waals surface area contributed by atoms with E-state index >= 15 is 0 Å². The van der Waals surface area contributed by atoms with E-state index in [9.17, 15) is 4.79 Å². The third-order valence-electron chi connectivity index (χ3n) is 6.17. The first-order chi connectivity index (χ1) is 10.5. The lowest BCUT2D eigenvalue weighted by atomic mass is 9.54. The topological polar surface area (TPSA) is 46.9 Å². The number of aryl methyl sites for hydroxylation is 1. The predicted molar refractivity (Wildman–Crippen MR) is 85.7 cm³/mol. The molecule has 1 aromatic rings. The molecule has 1 amide bonds. The van der Waals surface area contributed by atoms with E-state index in [2.05, 4.69) is 10.4 Å². The van der Waals surface area contributed by atoms with E-state index in [1.807, 2.05) is 13.8 Å². The Morgan fingerprint density at radius 1 is 1.27 bits per heavy atom. The van der Waals surface area contributed by atoms with Crippen molar-refractivity contribution in [3.8, 4) is 0 Å². The molecule has 4 nitrogen and oxygen atoms in total. The first-order valence-corrected chi connectivity index (χ1v) is 8.90. The van der Waals surface area contributed by atoms with Crippen LogP contribution in [-0.4, -0.2) is 21.7 Å². The number of hydrogen-bond donors (Lipinski definition) is 1. The molecule has 4 aliphatic rings. The van der Waals surface area contributed by atoms with Crippen molar-refractivity contribution in [1.29, 1.82) is 0 Å². The molecule has 0 unspecified atom stereocenters. The van der Waals surface area contributed by atoms with Crippen LogP contribution in [0.1, 0.15) is 50.8 Å². The average Bonchev–Trinajstić information content (AvgIpc) is 2.80. The van der Waals surface area contributed by atoms with Gasteiger partial charge in [-0.3, -0.25) is 9.48 Å². The highest BCUT2D eigenvalue weighted by Gasteiger charge is 2.48. The zero-order valence-electron chi connectivity index (χ0n) is 13.3. The summed E-state index contributed by atoms with van der Waals surface area (Å²) in [7, 11) is 0. The number of rotatable bonds is 3. The highest BCUT2D eigenvalue weighted by Crippen LogP contribution is 2.53. The maximum atomic E-state index is 12.6. The Balaban J connectivity index is 1.45. The van der Waals surface area contributed by atoms with Gasteiger partial charge in [0.25, 0.3) is 0 Å². The summed E-state index contributed by atoms with van der Waals surface area (Å²) < 4.78 is 1.68. The first-order valence-electron chi connectivity index (χ1n) is 8.53. The van der Waals surface area contributed by atoms with Crippen LogP contribution in [0.4, 0.5) is 0 Å². The van der Waals surface area contributed by atoms with Crippen LogP contribution in [0.5, 0.6) is 0 Å². The van der Waals surface area contributed by atoms with Crippen molar-refractivity contribution >= 4 is 17.5 Å². The summed E-state index contributed by atoms with van der Waals surface area (Å²) in [5.41, 5.74) is 0.774. The summed E-state index contributed by atoms with van der Waals surface area (Å²) in [6, 6.07) is 0.0817. The molecule has 4 bridgehead atoms. The summed E-state index contributed by atoms with van der Waals surface area (Å²) in [5.74, 6) is 3.35. The molecule has 5 rings (SSSR count). The second kappa shape index (κ2) is 5.26. The fourth-order valence-corrected chi connectivity index (χ4v) is 5.36. The van der Waals surface area contributed by atoms with E-state index < -0.39 is 0 Å². The number of hydrogen-bond acceptors (Lipinski definition) is 2. The Labute approximate surface area is 136 Å². The van der Waals surface area contributed by atoms with Gasteiger partial charge in [-0.2, -0.15) is 5.10 Å². The van der Waals surface area contributed by atoms with E-state index in [4.69, 9.17) is 11.6 Å². The minimum atomic E-state index is -0.302. The van der Waals surface area contributed by atoms with E-state index in [-0.39, 0.29) is 11.9 Å². The Hall–Kier alpha value is -1.03. The number of nitrogens with zero attached hydrogens (tertiary/aromatic N) is 2. The number of amides is 1. The van der Waals surface area contributed by atoms with Gasteiger partial charge in [-0.15, -0.1) is 0 Å². The molecule has 0 aliphatic heterocycles. The number of carbonyl (C=O) groups excluding carboxylic acids is 1. The van der Waals surface area contributed by atoms with Gasteiger partial charge in [0.05, 0.1) is 10.7 Å².